The summed E-state index contributed by atoms with van der Waals surface area (Å²) in [5.41, 5.74) is -0.478. The summed E-state index contributed by atoms with van der Waals surface area (Å²) in [5, 5.41) is 10.8. The number of ether oxygens (including phenoxy) is 1. The van der Waals surface area contributed by atoms with Gasteiger partial charge in [0.2, 0.25) is 0 Å². The Bertz CT molecular complexity index is 255. The molecule has 2 fully saturated rings. The maximum atomic E-state index is 10.8. The molecule has 0 amide bonds. The molecule has 0 spiro atoms. The van der Waals surface area contributed by atoms with E-state index in [0.29, 0.717) is 12.1 Å². The van der Waals surface area contributed by atoms with Gasteiger partial charge in [0.25, 0.3) is 0 Å². The summed E-state index contributed by atoms with van der Waals surface area (Å²) in [6.07, 6.45) is 2.62. The number of morpholine rings is 1. The molecule has 0 aromatic rings. The molecule has 2 unspecified atom stereocenters. The summed E-state index contributed by atoms with van der Waals surface area (Å²) >= 11 is 0. The Hall–Kier alpha value is -0.160. The summed E-state index contributed by atoms with van der Waals surface area (Å²) in [6, 6.07) is 0.804. The van der Waals surface area contributed by atoms with E-state index in [1.807, 2.05) is 0 Å². The minimum atomic E-state index is -0.478. The van der Waals surface area contributed by atoms with Crippen LogP contribution in [0.2, 0.25) is 0 Å². The highest BCUT2D eigenvalue weighted by Gasteiger charge is 2.44. The van der Waals surface area contributed by atoms with Gasteiger partial charge in [0.1, 0.15) is 0 Å². The number of fused-ring (bicyclic) bond motifs is 2. The highest BCUT2D eigenvalue weighted by molar-refractivity contribution is 4.98. The van der Waals surface area contributed by atoms with E-state index in [9.17, 15) is 5.11 Å². The molecule has 2 rings (SSSR count). The van der Waals surface area contributed by atoms with E-state index in [-0.39, 0.29) is 0 Å². The number of nitrogens with zero attached hydrogens (tertiary/aromatic N) is 2. The molecule has 2 aliphatic rings. The Morgan fingerprint density at radius 2 is 1.78 bits per heavy atom. The van der Waals surface area contributed by atoms with Crippen molar-refractivity contribution in [1.82, 2.24) is 9.80 Å². The maximum Gasteiger partial charge on any atom is 0.0691 e. The summed E-state index contributed by atoms with van der Waals surface area (Å²) in [5.74, 6) is 0. The van der Waals surface area contributed by atoms with Crippen LogP contribution in [0.15, 0.2) is 0 Å². The molecule has 4 nitrogen and oxygen atoms in total. The fraction of sp³-hybridized carbons (Fsp3) is 1.00. The third-order valence-corrected chi connectivity index (χ3v) is 4.79. The van der Waals surface area contributed by atoms with Crippen LogP contribution in [0, 0.1) is 0 Å². The molecule has 0 aromatic carbocycles. The molecular formula is C14H28N2O2. The molecule has 1 N–H and O–H groups in total. The molecule has 18 heavy (non-hydrogen) atoms. The van der Waals surface area contributed by atoms with Gasteiger partial charge in [0.15, 0.2) is 0 Å². The molecule has 2 saturated heterocycles. The fourth-order valence-corrected chi connectivity index (χ4v) is 3.35. The van der Waals surface area contributed by atoms with E-state index in [1.54, 1.807) is 0 Å². The SMILES string of the molecule is CCN(CC)CCC1(O)CC2COCC(C1)N2C. The van der Waals surface area contributed by atoms with Crippen LogP contribution in [-0.2, 0) is 4.74 Å². The fourth-order valence-electron chi connectivity index (χ4n) is 3.35. The smallest absolute Gasteiger partial charge is 0.0691 e. The minimum Gasteiger partial charge on any atom is -0.390 e. The molecule has 0 saturated carbocycles. The van der Waals surface area contributed by atoms with E-state index in [0.717, 1.165) is 52.1 Å². The lowest BCUT2D eigenvalue weighted by molar-refractivity contribution is -0.137. The van der Waals surface area contributed by atoms with Gasteiger partial charge in [0, 0.05) is 18.6 Å². The topological polar surface area (TPSA) is 35.9 Å². The van der Waals surface area contributed by atoms with Crippen LogP contribution in [0.1, 0.15) is 33.1 Å². The molecule has 4 heteroatoms. The van der Waals surface area contributed by atoms with Gasteiger partial charge in [-0.3, -0.25) is 4.90 Å². The van der Waals surface area contributed by atoms with Crippen LogP contribution < -0.4 is 0 Å². The first-order chi connectivity index (χ1) is 8.58. The summed E-state index contributed by atoms with van der Waals surface area (Å²) in [6.45, 7) is 9.08. The number of piperidine rings is 1. The zero-order valence-corrected chi connectivity index (χ0v) is 12.1. The minimum absolute atomic E-state index is 0.402. The predicted octanol–water partition coefficient (Wildman–Crippen LogP) is 0.942. The van der Waals surface area contributed by atoms with E-state index >= 15 is 0 Å². The summed E-state index contributed by atoms with van der Waals surface area (Å²) in [4.78, 5) is 4.79. The highest BCUT2D eigenvalue weighted by Crippen LogP contribution is 2.35. The van der Waals surface area contributed by atoms with E-state index in [1.165, 1.54) is 0 Å². The second-order valence-electron chi connectivity index (χ2n) is 5.92. The molecule has 2 bridgehead atoms. The van der Waals surface area contributed by atoms with Crippen molar-refractivity contribution in [1.29, 1.82) is 0 Å². The molecule has 0 radical (unpaired) electrons. The Morgan fingerprint density at radius 1 is 1.22 bits per heavy atom. The Balaban J connectivity index is 1.91. The molecule has 2 aliphatic heterocycles. The van der Waals surface area contributed by atoms with Crippen molar-refractivity contribution in [3.8, 4) is 0 Å². The van der Waals surface area contributed by atoms with Gasteiger partial charge in [-0.25, -0.2) is 0 Å². The zero-order chi connectivity index (χ0) is 13.2. The predicted molar refractivity (Wildman–Crippen MR) is 72.7 cm³/mol. The van der Waals surface area contributed by atoms with E-state index in [4.69, 9.17) is 4.74 Å². The van der Waals surface area contributed by atoms with Crippen LogP contribution in [0.5, 0.6) is 0 Å². The average molecular weight is 256 g/mol. The first-order valence-electron chi connectivity index (χ1n) is 7.32. The van der Waals surface area contributed by atoms with Gasteiger partial charge < -0.3 is 14.7 Å². The van der Waals surface area contributed by atoms with E-state index in [2.05, 4.69) is 30.7 Å². The lowest BCUT2D eigenvalue weighted by Gasteiger charge is -2.50. The van der Waals surface area contributed by atoms with Gasteiger partial charge in [-0.05, 0) is 39.4 Å². The van der Waals surface area contributed by atoms with Crippen LogP contribution in [0.4, 0.5) is 0 Å². The van der Waals surface area contributed by atoms with Gasteiger partial charge in [0.05, 0.1) is 18.8 Å². The number of rotatable bonds is 5. The molecular weight excluding hydrogens is 228 g/mol. The van der Waals surface area contributed by atoms with Gasteiger partial charge in [-0.1, -0.05) is 13.8 Å². The summed E-state index contributed by atoms with van der Waals surface area (Å²) in [7, 11) is 2.17. The number of hydrogen-bond acceptors (Lipinski definition) is 4. The van der Waals surface area contributed by atoms with Crippen molar-refractivity contribution in [2.45, 2.75) is 50.8 Å². The van der Waals surface area contributed by atoms with Crippen molar-refractivity contribution in [2.24, 2.45) is 0 Å². The van der Waals surface area contributed by atoms with Crippen molar-refractivity contribution >= 4 is 0 Å². The lowest BCUT2D eigenvalue weighted by atomic mass is 9.79. The van der Waals surface area contributed by atoms with Crippen LogP contribution >= 0.6 is 0 Å². The first kappa shape index (κ1) is 14.3. The molecule has 106 valence electrons. The maximum absolute atomic E-state index is 10.8. The largest absolute Gasteiger partial charge is 0.390 e. The van der Waals surface area contributed by atoms with Crippen molar-refractivity contribution in [2.75, 3.05) is 39.9 Å². The Kier molecular flexibility index (Phi) is 4.64. The highest BCUT2D eigenvalue weighted by atomic mass is 16.5. The third kappa shape index (κ3) is 3.05. The Labute approximate surface area is 111 Å². The average Bonchev–Trinajstić information content (AvgIpc) is 2.33. The monoisotopic (exact) mass is 256 g/mol. The lowest BCUT2D eigenvalue weighted by Crippen LogP contribution is -2.60. The molecule has 0 aliphatic carbocycles. The third-order valence-electron chi connectivity index (χ3n) is 4.79. The quantitative estimate of drug-likeness (QED) is 0.794. The normalized spacial score (nSPS) is 37.2. The number of likely N-dealkylation sites (N-methyl/N-ethyl adjacent to an activating group) is 1. The van der Waals surface area contributed by atoms with Crippen molar-refractivity contribution < 1.29 is 9.84 Å². The zero-order valence-electron chi connectivity index (χ0n) is 12.1. The molecule has 0 aromatic heterocycles. The Morgan fingerprint density at radius 3 is 2.28 bits per heavy atom. The standard InChI is InChI=1S/C14H28N2O2/c1-4-16(5-2)7-6-14(17)8-12-10-18-11-13(9-14)15(12)3/h12-13,17H,4-11H2,1-3H3. The summed E-state index contributed by atoms with van der Waals surface area (Å²) < 4.78 is 5.60. The van der Waals surface area contributed by atoms with Crippen molar-refractivity contribution in [3.63, 3.8) is 0 Å². The van der Waals surface area contributed by atoms with Crippen LogP contribution in [-0.4, -0.2) is 72.5 Å². The number of hydrogen-bond donors (Lipinski definition) is 1. The van der Waals surface area contributed by atoms with Gasteiger partial charge >= 0.3 is 0 Å². The second kappa shape index (κ2) is 5.87. The van der Waals surface area contributed by atoms with Gasteiger partial charge in [-0.2, -0.15) is 0 Å². The first-order valence-corrected chi connectivity index (χ1v) is 7.32. The molecule has 2 heterocycles. The molecule has 2 atom stereocenters. The van der Waals surface area contributed by atoms with Crippen LogP contribution in [0.3, 0.4) is 0 Å². The number of aliphatic hydroxyl groups is 1. The second-order valence-corrected chi connectivity index (χ2v) is 5.92. The van der Waals surface area contributed by atoms with Gasteiger partial charge in [-0.15, -0.1) is 0 Å². The van der Waals surface area contributed by atoms with Crippen LogP contribution in [0.25, 0.3) is 0 Å². The van der Waals surface area contributed by atoms with Crippen molar-refractivity contribution in [3.05, 3.63) is 0 Å². The van der Waals surface area contributed by atoms with E-state index < -0.39 is 5.60 Å².